The van der Waals surface area contributed by atoms with Gasteiger partial charge in [-0.25, -0.2) is 14.6 Å². The molecule has 1 unspecified atom stereocenters. The number of nitrogens with one attached hydrogen (secondary N) is 2. The van der Waals surface area contributed by atoms with E-state index < -0.39 is 0 Å². The molecule has 0 saturated heterocycles. The van der Waals surface area contributed by atoms with E-state index >= 15 is 0 Å². The highest BCUT2D eigenvalue weighted by molar-refractivity contribution is 7.18. The van der Waals surface area contributed by atoms with Crippen molar-refractivity contribution in [1.82, 2.24) is 19.7 Å². The summed E-state index contributed by atoms with van der Waals surface area (Å²) in [6.45, 7) is 0.984. The van der Waals surface area contributed by atoms with Gasteiger partial charge in [0.25, 0.3) is 5.91 Å². The van der Waals surface area contributed by atoms with E-state index in [1.54, 1.807) is 40.5 Å². The second-order valence-corrected chi connectivity index (χ2v) is 7.99. The van der Waals surface area contributed by atoms with Crippen LogP contribution in [0.25, 0.3) is 15.9 Å². The third-order valence-corrected chi connectivity index (χ3v) is 5.42. The van der Waals surface area contributed by atoms with Gasteiger partial charge in [-0.05, 0) is 30.3 Å². The van der Waals surface area contributed by atoms with Gasteiger partial charge >= 0.3 is 0 Å². The molecule has 0 saturated carbocycles. The van der Waals surface area contributed by atoms with E-state index in [9.17, 15) is 4.79 Å². The highest BCUT2D eigenvalue weighted by atomic mass is 35.5. The molecule has 0 bridgehead atoms. The molecule has 0 spiro atoms. The lowest BCUT2D eigenvalue weighted by molar-refractivity contribution is -0.885. The third-order valence-electron chi connectivity index (χ3n) is 4.15. The van der Waals surface area contributed by atoms with Crippen molar-refractivity contribution in [3.05, 3.63) is 65.1 Å². The van der Waals surface area contributed by atoms with E-state index in [0.29, 0.717) is 29.5 Å². The molecule has 7 nitrogen and oxygen atoms in total. The minimum atomic E-state index is -0.109. The first-order valence-corrected chi connectivity index (χ1v) is 9.88. The highest BCUT2D eigenvalue weighted by Crippen LogP contribution is 2.24. The number of anilines is 1. The van der Waals surface area contributed by atoms with Crippen LogP contribution in [0.1, 0.15) is 5.01 Å². The number of carbonyl (C=O) groups excluding carboxylic acids is 1. The summed E-state index contributed by atoms with van der Waals surface area (Å²) in [6.07, 6.45) is 3.01. The Morgan fingerprint density at radius 1 is 1.29 bits per heavy atom. The molecule has 2 heterocycles. The number of quaternary nitrogens is 1. The Labute approximate surface area is 170 Å². The van der Waals surface area contributed by atoms with E-state index in [0.717, 1.165) is 20.1 Å². The number of fused-ring (bicyclic) bond motifs is 1. The molecule has 0 fully saturated rings. The maximum Gasteiger partial charge on any atom is 0.279 e. The number of likely N-dealkylation sites (N-methyl/N-ethyl adjacent to an activating group) is 1. The van der Waals surface area contributed by atoms with Gasteiger partial charge in [0.2, 0.25) is 0 Å². The Morgan fingerprint density at radius 3 is 2.93 bits per heavy atom. The Kier molecular flexibility index (Phi) is 5.34. The van der Waals surface area contributed by atoms with Crippen LogP contribution in [-0.4, -0.2) is 39.2 Å². The van der Waals surface area contributed by atoms with Crippen LogP contribution < -0.4 is 10.2 Å². The Morgan fingerprint density at radius 2 is 2.14 bits per heavy atom. The summed E-state index contributed by atoms with van der Waals surface area (Å²) in [4.78, 5) is 22.2. The second-order valence-electron chi connectivity index (χ2n) is 6.44. The summed E-state index contributed by atoms with van der Waals surface area (Å²) in [5.74, 6) is -0.109. The maximum atomic E-state index is 12.6. The monoisotopic (exact) mass is 413 g/mol. The Balaban J connectivity index is 1.43. The number of thiazole rings is 1. The quantitative estimate of drug-likeness (QED) is 0.508. The first-order valence-electron chi connectivity index (χ1n) is 8.68. The highest BCUT2D eigenvalue weighted by Gasteiger charge is 2.16. The zero-order chi connectivity index (χ0) is 19.5. The van der Waals surface area contributed by atoms with E-state index in [1.165, 1.54) is 6.33 Å². The number of carbonyl (C=O) groups is 1. The third kappa shape index (κ3) is 4.19. The molecule has 1 atom stereocenters. The van der Waals surface area contributed by atoms with Crippen LogP contribution >= 0.6 is 22.9 Å². The number of amides is 1. The molecule has 2 aromatic heterocycles. The van der Waals surface area contributed by atoms with Gasteiger partial charge in [-0.1, -0.05) is 23.7 Å². The zero-order valence-electron chi connectivity index (χ0n) is 15.1. The first kappa shape index (κ1) is 18.5. The van der Waals surface area contributed by atoms with E-state index in [1.807, 2.05) is 25.2 Å². The molecule has 2 aromatic carbocycles. The summed E-state index contributed by atoms with van der Waals surface area (Å²) in [7, 11) is 1.97. The van der Waals surface area contributed by atoms with Crippen molar-refractivity contribution in [1.29, 1.82) is 0 Å². The topological polar surface area (TPSA) is 77.1 Å². The Hall–Kier alpha value is -2.81. The van der Waals surface area contributed by atoms with Crippen LogP contribution in [0.4, 0.5) is 5.69 Å². The molecule has 0 aliphatic rings. The molecule has 0 aliphatic carbocycles. The second kappa shape index (κ2) is 8.05. The molecular weight excluding hydrogens is 396 g/mol. The van der Waals surface area contributed by atoms with Gasteiger partial charge in [-0.2, -0.15) is 5.10 Å². The van der Waals surface area contributed by atoms with Crippen molar-refractivity contribution in [2.24, 2.45) is 0 Å². The molecule has 142 valence electrons. The number of rotatable bonds is 6. The predicted molar refractivity (Wildman–Crippen MR) is 110 cm³/mol. The molecular formula is C19H18ClN6OS+. The van der Waals surface area contributed by atoms with Gasteiger partial charge in [-0.15, -0.1) is 11.3 Å². The average molecular weight is 414 g/mol. The number of aromatic nitrogens is 4. The van der Waals surface area contributed by atoms with Crippen LogP contribution in [0.5, 0.6) is 0 Å². The average Bonchev–Trinajstić information content (AvgIpc) is 3.30. The van der Waals surface area contributed by atoms with Gasteiger partial charge in [0.05, 0.1) is 28.6 Å². The van der Waals surface area contributed by atoms with Gasteiger partial charge in [-0.3, -0.25) is 4.79 Å². The maximum absolute atomic E-state index is 12.6. The normalized spacial score (nSPS) is 12.2. The molecule has 4 rings (SSSR count). The van der Waals surface area contributed by atoms with Crippen molar-refractivity contribution < 1.29 is 9.69 Å². The van der Waals surface area contributed by atoms with Crippen LogP contribution in [0, 0.1) is 0 Å². The number of hydrogen-bond acceptors (Lipinski definition) is 5. The lowest BCUT2D eigenvalue weighted by atomic mass is 10.2. The van der Waals surface area contributed by atoms with Crippen molar-refractivity contribution >= 4 is 44.7 Å². The predicted octanol–water partition coefficient (Wildman–Crippen LogP) is 2.18. The summed E-state index contributed by atoms with van der Waals surface area (Å²) in [5, 5.41) is 8.60. The summed E-state index contributed by atoms with van der Waals surface area (Å²) >= 11 is 7.76. The standard InChI is InChI=1S/C19H17ClN6OS/c1-25(10-19-24-14-4-2-3-5-17(14)28-19)9-18(27)23-15-8-13(20)6-7-16(15)26-12-21-11-22-26/h2-8,11-12H,9-10H2,1H3,(H,23,27)/p+1. The first-order chi connectivity index (χ1) is 13.6. The molecule has 0 radical (unpaired) electrons. The zero-order valence-corrected chi connectivity index (χ0v) is 16.7. The lowest BCUT2D eigenvalue weighted by Crippen LogP contribution is -3.08. The molecule has 1 amide bonds. The SMILES string of the molecule is C[NH+](CC(=O)Nc1cc(Cl)ccc1-n1cncn1)Cc1nc2ccccc2s1. The van der Waals surface area contributed by atoms with Gasteiger partial charge < -0.3 is 10.2 Å². The van der Waals surface area contributed by atoms with Crippen LogP contribution in [0.2, 0.25) is 5.02 Å². The van der Waals surface area contributed by atoms with Gasteiger partial charge in [0.15, 0.2) is 6.54 Å². The van der Waals surface area contributed by atoms with Gasteiger partial charge in [0.1, 0.15) is 24.2 Å². The van der Waals surface area contributed by atoms with Gasteiger partial charge in [0, 0.05) is 5.02 Å². The van der Waals surface area contributed by atoms with Crippen molar-refractivity contribution in [2.45, 2.75) is 6.54 Å². The number of para-hydroxylation sites is 1. The van der Waals surface area contributed by atoms with Crippen molar-refractivity contribution in [2.75, 3.05) is 18.9 Å². The van der Waals surface area contributed by atoms with E-state index in [2.05, 4.69) is 26.4 Å². The minimum absolute atomic E-state index is 0.109. The molecule has 4 aromatic rings. The van der Waals surface area contributed by atoms with E-state index in [4.69, 9.17) is 11.6 Å². The molecule has 9 heteroatoms. The minimum Gasteiger partial charge on any atom is -0.324 e. The fourth-order valence-corrected chi connectivity index (χ4v) is 4.18. The largest absolute Gasteiger partial charge is 0.324 e. The van der Waals surface area contributed by atoms with Crippen LogP contribution in [0.3, 0.4) is 0 Å². The fourth-order valence-electron chi connectivity index (χ4n) is 2.93. The number of hydrogen-bond donors (Lipinski definition) is 2. The molecule has 28 heavy (non-hydrogen) atoms. The number of benzene rings is 2. The lowest BCUT2D eigenvalue weighted by Gasteiger charge is -2.14. The van der Waals surface area contributed by atoms with Crippen LogP contribution in [0.15, 0.2) is 55.1 Å². The number of halogens is 1. The van der Waals surface area contributed by atoms with Crippen molar-refractivity contribution in [3.8, 4) is 5.69 Å². The Bertz CT molecular complexity index is 1080. The summed E-state index contributed by atoms with van der Waals surface area (Å²) in [5.41, 5.74) is 2.30. The van der Waals surface area contributed by atoms with Crippen molar-refractivity contribution in [3.63, 3.8) is 0 Å². The number of nitrogens with zero attached hydrogens (tertiary/aromatic N) is 4. The molecule has 2 N–H and O–H groups in total. The van der Waals surface area contributed by atoms with Crippen LogP contribution in [-0.2, 0) is 11.3 Å². The summed E-state index contributed by atoms with van der Waals surface area (Å²) < 4.78 is 2.75. The summed E-state index contributed by atoms with van der Waals surface area (Å²) in [6, 6.07) is 13.3. The molecule has 0 aliphatic heterocycles. The van der Waals surface area contributed by atoms with E-state index in [-0.39, 0.29) is 5.91 Å². The fraction of sp³-hybridized carbons (Fsp3) is 0.158. The smallest absolute Gasteiger partial charge is 0.279 e.